The summed E-state index contributed by atoms with van der Waals surface area (Å²) in [6, 6.07) is 12.1. The molecule has 2 N–H and O–H groups in total. The van der Waals surface area contributed by atoms with E-state index in [9.17, 15) is 14.4 Å². The minimum Gasteiger partial charge on any atom is -0.497 e. The maximum Gasteiger partial charge on any atom is 0.339 e. The first kappa shape index (κ1) is 20.2. The van der Waals surface area contributed by atoms with Gasteiger partial charge in [-0.1, -0.05) is 12.1 Å². The molecule has 0 aliphatic carbocycles. The minimum atomic E-state index is -0.949. The average molecular weight is 398 g/mol. The minimum absolute atomic E-state index is 0.113. The van der Waals surface area contributed by atoms with Crippen LogP contribution in [0.25, 0.3) is 0 Å². The lowest BCUT2D eigenvalue weighted by Gasteiger charge is -2.19. The predicted molar refractivity (Wildman–Crippen MR) is 105 cm³/mol. The Balaban J connectivity index is 1.48. The summed E-state index contributed by atoms with van der Waals surface area (Å²) in [6.45, 7) is 1.81. The molecule has 0 fully saturated rings. The number of esters is 1. The van der Waals surface area contributed by atoms with Gasteiger partial charge in [0.15, 0.2) is 12.7 Å². The summed E-state index contributed by atoms with van der Waals surface area (Å²) in [5.41, 5.74) is 1.77. The van der Waals surface area contributed by atoms with Crippen LogP contribution >= 0.6 is 0 Å². The van der Waals surface area contributed by atoms with Crippen LogP contribution in [-0.2, 0) is 20.7 Å². The fourth-order valence-electron chi connectivity index (χ4n) is 2.75. The van der Waals surface area contributed by atoms with E-state index in [4.69, 9.17) is 14.2 Å². The molecule has 1 heterocycles. The second-order valence-corrected chi connectivity index (χ2v) is 6.48. The van der Waals surface area contributed by atoms with Crippen molar-refractivity contribution >= 4 is 23.5 Å². The van der Waals surface area contributed by atoms with Gasteiger partial charge in [0.05, 0.1) is 18.4 Å². The van der Waals surface area contributed by atoms with Crippen LogP contribution in [0.4, 0.5) is 5.69 Å². The van der Waals surface area contributed by atoms with E-state index >= 15 is 0 Å². The molecule has 2 aromatic carbocycles. The van der Waals surface area contributed by atoms with Crippen molar-refractivity contribution in [2.24, 2.45) is 0 Å². The Labute approximate surface area is 168 Å². The topological polar surface area (TPSA) is 103 Å². The lowest BCUT2D eigenvalue weighted by molar-refractivity contribution is -0.129. The van der Waals surface area contributed by atoms with Crippen LogP contribution in [-0.4, -0.2) is 44.1 Å². The number of nitrogens with one attached hydrogen (secondary N) is 2. The van der Waals surface area contributed by atoms with E-state index in [1.165, 1.54) is 19.1 Å². The number of hydrogen-bond donors (Lipinski definition) is 2. The number of carbonyl (C=O) groups is 3. The number of anilines is 1. The Bertz CT molecular complexity index is 910. The Kier molecular flexibility index (Phi) is 6.33. The largest absolute Gasteiger partial charge is 0.497 e. The molecule has 29 heavy (non-hydrogen) atoms. The normalized spacial score (nSPS) is 13.4. The molecule has 8 nitrogen and oxygen atoms in total. The van der Waals surface area contributed by atoms with Crippen molar-refractivity contribution in [1.29, 1.82) is 0 Å². The van der Waals surface area contributed by atoms with E-state index < -0.39 is 12.1 Å². The van der Waals surface area contributed by atoms with Gasteiger partial charge in [-0.15, -0.1) is 0 Å². The molecule has 3 rings (SSSR count). The number of carbonyl (C=O) groups excluding carboxylic acids is 3. The third kappa shape index (κ3) is 5.25. The summed E-state index contributed by atoms with van der Waals surface area (Å²) in [6.07, 6.45) is -0.306. The number of benzene rings is 2. The van der Waals surface area contributed by atoms with Crippen molar-refractivity contribution in [3.05, 3.63) is 53.6 Å². The maximum atomic E-state index is 12.3. The van der Waals surface area contributed by atoms with Gasteiger partial charge in [0.2, 0.25) is 0 Å². The second-order valence-electron chi connectivity index (χ2n) is 6.48. The Hall–Kier alpha value is -3.55. The van der Waals surface area contributed by atoms with Crippen molar-refractivity contribution in [2.45, 2.75) is 19.4 Å². The number of rotatable bonds is 7. The molecule has 2 aromatic rings. The molecule has 8 heteroatoms. The van der Waals surface area contributed by atoms with Gasteiger partial charge >= 0.3 is 5.97 Å². The third-order valence-electron chi connectivity index (χ3n) is 4.38. The van der Waals surface area contributed by atoms with Crippen molar-refractivity contribution in [3.8, 4) is 11.5 Å². The highest BCUT2D eigenvalue weighted by atomic mass is 16.5. The van der Waals surface area contributed by atoms with Crippen LogP contribution in [0.2, 0.25) is 0 Å². The van der Waals surface area contributed by atoms with Crippen LogP contribution in [0.15, 0.2) is 42.5 Å². The Morgan fingerprint density at radius 3 is 2.69 bits per heavy atom. The van der Waals surface area contributed by atoms with Gasteiger partial charge in [-0.25, -0.2) is 4.79 Å². The van der Waals surface area contributed by atoms with Crippen molar-refractivity contribution in [2.75, 3.05) is 25.6 Å². The first-order valence-electron chi connectivity index (χ1n) is 9.14. The molecule has 1 unspecified atom stereocenters. The van der Waals surface area contributed by atoms with Crippen molar-refractivity contribution in [1.82, 2.24) is 5.32 Å². The van der Waals surface area contributed by atoms with Gasteiger partial charge in [-0.2, -0.15) is 0 Å². The molecular formula is C21H22N2O6. The van der Waals surface area contributed by atoms with Crippen LogP contribution in [0.3, 0.4) is 0 Å². The number of hydrogen-bond acceptors (Lipinski definition) is 6. The highest BCUT2D eigenvalue weighted by Crippen LogP contribution is 2.28. The highest BCUT2D eigenvalue weighted by Gasteiger charge is 2.21. The number of ether oxygens (including phenoxy) is 3. The summed E-state index contributed by atoms with van der Waals surface area (Å²) in [5.74, 6) is -0.129. The fourth-order valence-corrected chi connectivity index (χ4v) is 2.75. The molecule has 152 valence electrons. The molecule has 1 aliphatic rings. The molecule has 0 spiro atoms. The van der Waals surface area contributed by atoms with Gasteiger partial charge in [0.1, 0.15) is 11.5 Å². The summed E-state index contributed by atoms with van der Waals surface area (Å²) in [4.78, 5) is 35.8. The zero-order valence-corrected chi connectivity index (χ0v) is 16.2. The van der Waals surface area contributed by atoms with Gasteiger partial charge < -0.3 is 24.8 Å². The fraction of sp³-hybridized carbons (Fsp3) is 0.286. The molecule has 0 saturated carbocycles. The second kappa shape index (κ2) is 9.09. The van der Waals surface area contributed by atoms with Crippen LogP contribution in [0, 0.1) is 0 Å². The molecule has 1 aliphatic heterocycles. The van der Waals surface area contributed by atoms with Gasteiger partial charge in [-0.3, -0.25) is 9.59 Å². The smallest absolute Gasteiger partial charge is 0.339 e. The SMILES string of the molecule is COc1ccc(CCNC(=O)C(C)OC(=O)c2ccc3c(c2)OCC(=O)N3)cc1. The van der Waals surface area contributed by atoms with Gasteiger partial charge in [-0.05, 0) is 49.2 Å². The van der Waals surface area contributed by atoms with E-state index in [-0.39, 0.29) is 24.0 Å². The van der Waals surface area contributed by atoms with E-state index in [0.717, 1.165) is 11.3 Å². The van der Waals surface area contributed by atoms with E-state index in [0.29, 0.717) is 24.4 Å². The van der Waals surface area contributed by atoms with Crippen LogP contribution in [0.1, 0.15) is 22.8 Å². The van der Waals surface area contributed by atoms with Crippen LogP contribution < -0.4 is 20.1 Å². The predicted octanol–water partition coefficient (Wildman–Crippen LogP) is 1.93. The van der Waals surface area contributed by atoms with Gasteiger partial charge in [0.25, 0.3) is 11.8 Å². The third-order valence-corrected chi connectivity index (χ3v) is 4.38. The van der Waals surface area contributed by atoms with E-state index in [2.05, 4.69) is 10.6 Å². The molecule has 0 radical (unpaired) electrons. The zero-order chi connectivity index (χ0) is 20.8. The lowest BCUT2D eigenvalue weighted by atomic mass is 10.1. The Morgan fingerprint density at radius 1 is 1.21 bits per heavy atom. The molecular weight excluding hydrogens is 376 g/mol. The number of amides is 2. The average Bonchev–Trinajstić information content (AvgIpc) is 2.73. The first-order valence-corrected chi connectivity index (χ1v) is 9.14. The summed E-state index contributed by atoms with van der Waals surface area (Å²) in [5, 5.41) is 5.39. The summed E-state index contributed by atoms with van der Waals surface area (Å²) < 4.78 is 15.6. The number of fused-ring (bicyclic) bond motifs is 1. The van der Waals surface area contributed by atoms with E-state index in [1.807, 2.05) is 24.3 Å². The van der Waals surface area contributed by atoms with Gasteiger partial charge in [0, 0.05) is 6.54 Å². The standard InChI is InChI=1S/C21H22N2O6/c1-13(20(25)22-10-9-14-3-6-16(27-2)7-4-14)29-21(26)15-5-8-17-18(11-15)28-12-19(24)23-17/h3-8,11,13H,9-10,12H2,1-2H3,(H,22,25)(H,23,24). The highest BCUT2D eigenvalue weighted by molar-refractivity contribution is 5.98. The molecule has 0 saturated heterocycles. The van der Waals surface area contributed by atoms with Crippen molar-refractivity contribution < 1.29 is 28.6 Å². The molecule has 1 atom stereocenters. The monoisotopic (exact) mass is 398 g/mol. The van der Waals surface area contributed by atoms with Crippen LogP contribution in [0.5, 0.6) is 11.5 Å². The number of methoxy groups -OCH3 is 1. The molecule has 2 amide bonds. The first-order chi connectivity index (χ1) is 14.0. The maximum absolute atomic E-state index is 12.3. The van der Waals surface area contributed by atoms with E-state index in [1.54, 1.807) is 13.2 Å². The summed E-state index contributed by atoms with van der Waals surface area (Å²) in [7, 11) is 1.60. The Morgan fingerprint density at radius 2 is 1.97 bits per heavy atom. The summed E-state index contributed by atoms with van der Waals surface area (Å²) >= 11 is 0. The zero-order valence-electron chi connectivity index (χ0n) is 16.2. The lowest BCUT2D eigenvalue weighted by Crippen LogP contribution is -2.37. The quantitative estimate of drug-likeness (QED) is 0.691. The van der Waals surface area contributed by atoms with Crippen molar-refractivity contribution in [3.63, 3.8) is 0 Å². The molecule has 0 aromatic heterocycles. The molecule has 0 bridgehead atoms.